The third kappa shape index (κ3) is 2.92. The standard InChI is InChI=1S/C14H10N2O4S/c17-12(18)8-19-10-5-2-1-4-9(10)14-15-13(16-20-14)11-6-3-7-21-11/h1-7H,8H2,(H,17,18). The van der Waals surface area contributed by atoms with Crippen molar-refractivity contribution < 1.29 is 19.2 Å². The summed E-state index contributed by atoms with van der Waals surface area (Å²) in [7, 11) is 0. The summed E-state index contributed by atoms with van der Waals surface area (Å²) in [5.74, 6) is 0.128. The van der Waals surface area contributed by atoms with Crippen molar-refractivity contribution in [3.8, 4) is 27.9 Å². The van der Waals surface area contributed by atoms with Crippen LogP contribution in [-0.2, 0) is 4.79 Å². The van der Waals surface area contributed by atoms with Gasteiger partial charge in [0.15, 0.2) is 6.61 Å². The third-order valence-corrected chi connectivity index (χ3v) is 3.50. The van der Waals surface area contributed by atoms with Gasteiger partial charge in [-0.1, -0.05) is 23.4 Å². The number of hydrogen-bond donors (Lipinski definition) is 1. The van der Waals surface area contributed by atoms with Crippen LogP contribution in [0.2, 0.25) is 0 Å². The summed E-state index contributed by atoms with van der Waals surface area (Å²) in [6.45, 7) is -0.428. The second-order valence-corrected chi connectivity index (χ2v) is 5.03. The maximum atomic E-state index is 10.6. The van der Waals surface area contributed by atoms with E-state index < -0.39 is 12.6 Å². The molecule has 0 bridgehead atoms. The quantitative estimate of drug-likeness (QED) is 0.780. The Balaban J connectivity index is 1.92. The van der Waals surface area contributed by atoms with Crippen molar-refractivity contribution in [2.45, 2.75) is 0 Å². The van der Waals surface area contributed by atoms with Crippen LogP contribution in [0.15, 0.2) is 46.3 Å². The molecule has 0 aliphatic heterocycles. The van der Waals surface area contributed by atoms with Gasteiger partial charge in [0, 0.05) is 0 Å². The smallest absolute Gasteiger partial charge is 0.341 e. The first-order chi connectivity index (χ1) is 10.2. The van der Waals surface area contributed by atoms with E-state index in [0.717, 1.165) is 4.88 Å². The third-order valence-electron chi connectivity index (χ3n) is 2.64. The molecule has 3 rings (SSSR count). The summed E-state index contributed by atoms with van der Waals surface area (Å²) < 4.78 is 10.5. The van der Waals surface area contributed by atoms with Crippen LogP contribution in [0.3, 0.4) is 0 Å². The van der Waals surface area contributed by atoms with Gasteiger partial charge in [-0.25, -0.2) is 4.79 Å². The Morgan fingerprint density at radius 1 is 1.29 bits per heavy atom. The van der Waals surface area contributed by atoms with Gasteiger partial charge in [0.2, 0.25) is 5.82 Å². The van der Waals surface area contributed by atoms with Gasteiger partial charge < -0.3 is 14.4 Å². The van der Waals surface area contributed by atoms with E-state index in [9.17, 15) is 4.79 Å². The molecular weight excluding hydrogens is 292 g/mol. The van der Waals surface area contributed by atoms with Gasteiger partial charge in [-0.2, -0.15) is 4.98 Å². The van der Waals surface area contributed by atoms with Gasteiger partial charge in [0.25, 0.3) is 5.89 Å². The molecule has 1 N–H and O–H groups in total. The van der Waals surface area contributed by atoms with Crippen LogP contribution >= 0.6 is 11.3 Å². The molecule has 106 valence electrons. The zero-order valence-corrected chi connectivity index (χ0v) is 11.5. The molecular formula is C14H10N2O4S. The lowest BCUT2D eigenvalue weighted by Gasteiger charge is -2.06. The largest absolute Gasteiger partial charge is 0.481 e. The first-order valence-electron chi connectivity index (χ1n) is 6.05. The predicted octanol–water partition coefficient (Wildman–Crippen LogP) is 2.93. The number of rotatable bonds is 5. The van der Waals surface area contributed by atoms with Crippen molar-refractivity contribution in [1.82, 2.24) is 10.1 Å². The van der Waals surface area contributed by atoms with E-state index >= 15 is 0 Å². The summed E-state index contributed by atoms with van der Waals surface area (Å²) in [4.78, 5) is 15.8. The van der Waals surface area contributed by atoms with Crippen molar-refractivity contribution in [2.24, 2.45) is 0 Å². The lowest BCUT2D eigenvalue weighted by atomic mass is 10.2. The van der Waals surface area contributed by atoms with Gasteiger partial charge in [-0.3, -0.25) is 0 Å². The number of para-hydroxylation sites is 1. The molecule has 21 heavy (non-hydrogen) atoms. The van der Waals surface area contributed by atoms with E-state index in [1.165, 1.54) is 11.3 Å². The lowest BCUT2D eigenvalue weighted by molar-refractivity contribution is -0.139. The predicted molar refractivity (Wildman–Crippen MR) is 76.2 cm³/mol. The number of carbonyl (C=O) groups is 1. The number of carboxylic acid groups (broad SMARTS) is 1. The second kappa shape index (κ2) is 5.76. The fourth-order valence-corrected chi connectivity index (χ4v) is 2.40. The molecule has 0 aliphatic carbocycles. The fourth-order valence-electron chi connectivity index (χ4n) is 1.75. The van der Waals surface area contributed by atoms with Gasteiger partial charge in [-0.15, -0.1) is 11.3 Å². The molecule has 0 aliphatic rings. The Kier molecular flexibility index (Phi) is 3.65. The Morgan fingerprint density at radius 3 is 2.90 bits per heavy atom. The van der Waals surface area contributed by atoms with Crippen molar-refractivity contribution in [3.05, 3.63) is 41.8 Å². The monoisotopic (exact) mass is 302 g/mol. The van der Waals surface area contributed by atoms with E-state index in [0.29, 0.717) is 23.0 Å². The summed E-state index contributed by atoms with van der Waals surface area (Å²) in [5, 5.41) is 14.5. The highest BCUT2D eigenvalue weighted by Gasteiger charge is 2.15. The number of aromatic nitrogens is 2. The lowest BCUT2D eigenvalue weighted by Crippen LogP contribution is -2.09. The van der Waals surface area contributed by atoms with Crippen LogP contribution < -0.4 is 4.74 Å². The average Bonchev–Trinajstić information content (AvgIpc) is 3.16. The number of thiophene rings is 1. The molecule has 0 radical (unpaired) electrons. The minimum absolute atomic E-state index is 0.291. The van der Waals surface area contributed by atoms with Crippen LogP contribution in [0, 0.1) is 0 Å². The minimum Gasteiger partial charge on any atom is -0.481 e. The minimum atomic E-state index is -1.05. The van der Waals surface area contributed by atoms with Gasteiger partial charge in [0.1, 0.15) is 5.75 Å². The molecule has 0 fully saturated rings. The van der Waals surface area contributed by atoms with E-state index in [1.807, 2.05) is 17.5 Å². The molecule has 3 aromatic rings. The highest BCUT2D eigenvalue weighted by Crippen LogP contribution is 2.31. The summed E-state index contributed by atoms with van der Waals surface area (Å²) in [6.07, 6.45) is 0. The van der Waals surface area contributed by atoms with Crippen LogP contribution in [0.4, 0.5) is 0 Å². The number of aliphatic carboxylic acids is 1. The number of carboxylic acids is 1. The molecule has 0 amide bonds. The zero-order chi connectivity index (χ0) is 14.7. The normalized spacial score (nSPS) is 10.5. The number of hydrogen-bond acceptors (Lipinski definition) is 6. The number of benzene rings is 1. The first kappa shape index (κ1) is 13.3. The molecule has 0 unspecified atom stereocenters. The highest BCUT2D eigenvalue weighted by atomic mass is 32.1. The Labute approximate surface area is 123 Å². The first-order valence-corrected chi connectivity index (χ1v) is 6.93. The maximum absolute atomic E-state index is 10.6. The highest BCUT2D eigenvalue weighted by molar-refractivity contribution is 7.13. The molecule has 1 aromatic carbocycles. The Hall–Kier alpha value is -2.67. The molecule has 6 nitrogen and oxygen atoms in total. The maximum Gasteiger partial charge on any atom is 0.341 e. The number of ether oxygens (including phenoxy) is 1. The van der Waals surface area contributed by atoms with Gasteiger partial charge >= 0.3 is 5.97 Å². The molecule has 0 spiro atoms. The van der Waals surface area contributed by atoms with E-state index in [2.05, 4.69) is 10.1 Å². The molecule has 0 saturated carbocycles. The van der Waals surface area contributed by atoms with Crippen LogP contribution in [0.5, 0.6) is 5.75 Å². The van der Waals surface area contributed by atoms with Gasteiger partial charge in [0.05, 0.1) is 10.4 Å². The zero-order valence-electron chi connectivity index (χ0n) is 10.7. The summed E-state index contributed by atoms with van der Waals surface area (Å²) in [6, 6.07) is 10.7. The Morgan fingerprint density at radius 2 is 2.14 bits per heavy atom. The van der Waals surface area contributed by atoms with E-state index in [1.54, 1.807) is 24.3 Å². The Bertz CT molecular complexity index is 752. The second-order valence-electron chi connectivity index (χ2n) is 4.08. The van der Waals surface area contributed by atoms with Crippen molar-refractivity contribution in [2.75, 3.05) is 6.61 Å². The topological polar surface area (TPSA) is 85.5 Å². The van der Waals surface area contributed by atoms with Crippen molar-refractivity contribution in [1.29, 1.82) is 0 Å². The molecule has 2 aromatic heterocycles. The molecule has 2 heterocycles. The fraction of sp³-hybridized carbons (Fsp3) is 0.0714. The van der Waals surface area contributed by atoms with E-state index in [-0.39, 0.29) is 0 Å². The SMILES string of the molecule is O=C(O)COc1ccccc1-c1nc(-c2cccs2)no1. The molecule has 0 saturated heterocycles. The van der Waals surface area contributed by atoms with E-state index in [4.69, 9.17) is 14.4 Å². The van der Waals surface area contributed by atoms with Crippen LogP contribution in [-0.4, -0.2) is 27.8 Å². The van der Waals surface area contributed by atoms with Crippen LogP contribution in [0.1, 0.15) is 0 Å². The number of nitrogens with zero attached hydrogens (tertiary/aromatic N) is 2. The molecule has 7 heteroatoms. The van der Waals surface area contributed by atoms with Crippen molar-refractivity contribution >= 4 is 17.3 Å². The van der Waals surface area contributed by atoms with Crippen molar-refractivity contribution in [3.63, 3.8) is 0 Å². The van der Waals surface area contributed by atoms with Crippen LogP contribution in [0.25, 0.3) is 22.2 Å². The summed E-state index contributed by atoms with van der Waals surface area (Å²) >= 11 is 1.51. The summed E-state index contributed by atoms with van der Waals surface area (Å²) in [5.41, 5.74) is 0.564. The average molecular weight is 302 g/mol. The molecule has 0 atom stereocenters. The van der Waals surface area contributed by atoms with Gasteiger partial charge in [-0.05, 0) is 23.6 Å².